The molecular formula is C21H23FN4O3. The van der Waals surface area contributed by atoms with Crippen LogP contribution in [0.3, 0.4) is 0 Å². The Balaban J connectivity index is 1.58. The maximum absolute atomic E-state index is 13.2. The van der Waals surface area contributed by atoms with Gasteiger partial charge in [0.2, 0.25) is 5.91 Å². The number of rotatable bonds is 7. The second kappa shape index (κ2) is 8.16. The van der Waals surface area contributed by atoms with Crippen LogP contribution in [0.1, 0.15) is 28.8 Å². The fraction of sp³-hybridized carbons (Fsp3) is 0.381. The minimum atomic E-state index is -0.347. The zero-order valence-electron chi connectivity index (χ0n) is 16.0. The number of aliphatic hydroxyl groups excluding tert-OH is 1. The van der Waals surface area contributed by atoms with Gasteiger partial charge in [0.05, 0.1) is 24.4 Å². The highest BCUT2D eigenvalue weighted by atomic mass is 19.1. The van der Waals surface area contributed by atoms with Gasteiger partial charge >= 0.3 is 0 Å². The summed E-state index contributed by atoms with van der Waals surface area (Å²) in [7, 11) is 0. The summed E-state index contributed by atoms with van der Waals surface area (Å²) in [5.41, 5.74) is 1.72. The molecule has 7 nitrogen and oxygen atoms in total. The number of halogens is 1. The molecule has 0 bridgehead atoms. The zero-order chi connectivity index (χ0) is 20.4. The Morgan fingerprint density at radius 3 is 2.76 bits per heavy atom. The molecular weight excluding hydrogens is 375 g/mol. The SMILES string of the molecule is O=C(c1cnc2c(c1)N(CC1CC1)C(=O)CN2)N(CCO)Cc1ccc(F)cc1. The third-order valence-corrected chi connectivity index (χ3v) is 5.19. The summed E-state index contributed by atoms with van der Waals surface area (Å²) in [6.45, 7) is 1.01. The number of nitrogens with one attached hydrogen (secondary N) is 1. The lowest BCUT2D eigenvalue weighted by Gasteiger charge is -2.30. The van der Waals surface area contributed by atoms with E-state index < -0.39 is 0 Å². The van der Waals surface area contributed by atoms with Gasteiger partial charge < -0.3 is 20.2 Å². The second-order valence-electron chi connectivity index (χ2n) is 7.47. The van der Waals surface area contributed by atoms with Crippen molar-refractivity contribution < 1.29 is 19.1 Å². The highest BCUT2D eigenvalue weighted by Gasteiger charge is 2.32. The minimum Gasteiger partial charge on any atom is -0.395 e. The molecule has 0 unspecified atom stereocenters. The first-order chi connectivity index (χ1) is 14.0. The van der Waals surface area contributed by atoms with Crippen LogP contribution in [-0.4, -0.2) is 53.0 Å². The van der Waals surface area contributed by atoms with E-state index >= 15 is 0 Å². The van der Waals surface area contributed by atoms with Crippen LogP contribution in [0.25, 0.3) is 0 Å². The summed E-state index contributed by atoms with van der Waals surface area (Å²) in [6.07, 6.45) is 3.70. The Morgan fingerprint density at radius 2 is 2.07 bits per heavy atom. The average molecular weight is 398 g/mol. The summed E-state index contributed by atoms with van der Waals surface area (Å²) in [5, 5.41) is 12.4. The van der Waals surface area contributed by atoms with E-state index in [0.29, 0.717) is 29.5 Å². The number of hydrogen-bond donors (Lipinski definition) is 2. The number of benzene rings is 1. The number of hydrogen-bond acceptors (Lipinski definition) is 5. The summed E-state index contributed by atoms with van der Waals surface area (Å²) in [6, 6.07) is 7.58. The molecule has 1 aromatic heterocycles. The summed E-state index contributed by atoms with van der Waals surface area (Å²) >= 11 is 0. The van der Waals surface area contributed by atoms with E-state index in [0.717, 1.165) is 18.4 Å². The number of carbonyl (C=O) groups excluding carboxylic acids is 2. The maximum Gasteiger partial charge on any atom is 0.255 e. The minimum absolute atomic E-state index is 0.0330. The van der Waals surface area contributed by atoms with Gasteiger partial charge in [-0.15, -0.1) is 0 Å². The number of pyridine rings is 1. The highest BCUT2D eigenvalue weighted by Crippen LogP contribution is 2.35. The van der Waals surface area contributed by atoms with E-state index in [1.807, 2.05) is 0 Å². The normalized spacial score (nSPS) is 15.7. The number of anilines is 2. The lowest BCUT2D eigenvalue weighted by molar-refractivity contribution is -0.117. The molecule has 0 saturated heterocycles. The number of amides is 2. The standard InChI is InChI=1S/C21H23FN4O3/c22-17-5-3-14(4-6-17)12-25(7-8-27)21(29)16-9-18-20(23-10-16)24-11-19(28)26(18)13-15-1-2-15/h3-6,9-10,15,27H,1-2,7-8,11-13H2,(H,23,24). The van der Waals surface area contributed by atoms with E-state index in [1.165, 1.54) is 23.2 Å². The molecule has 1 fully saturated rings. The van der Waals surface area contributed by atoms with Gasteiger partial charge in [-0.2, -0.15) is 0 Å². The topological polar surface area (TPSA) is 85.8 Å². The van der Waals surface area contributed by atoms with Crippen molar-refractivity contribution in [1.29, 1.82) is 0 Å². The van der Waals surface area contributed by atoms with Crippen molar-refractivity contribution in [1.82, 2.24) is 9.88 Å². The summed E-state index contributed by atoms with van der Waals surface area (Å²) < 4.78 is 13.2. The Morgan fingerprint density at radius 1 is 1.31 bits per heavy atom. The molecule has 152 valence electrons. The Hall–Kier alpha value is -3.00. The smallest absolute Gasteiger partial charge is 0.255 e. The Kier molecular flexibility index (Phi) is 5.44. The van der Waals surface area contributed by atoms with Gasteiger partial charge in [-0.3, -0.25) is 9.59 Å². The third-order valence-electron chi connectivity index (χ3n) is 5.19. The molecule has 2 N–H and O–H groups in total. The fourth-order valence-electron chi connectivity index (χ4n) is 3.43. The van der Waals surface area contributed by atoms with E-state index in [4.69, 9.17) is 0 Å². The first kappa shape index (κ1) is 19.3. The van der Waals surface area contributed by atoms with Crippen LogP contribution >= 0.6 is 0 Å². The van der Waals surface area contributed by atoms with Gasteiger partial charge in [-0.1, -0.05) is 12.1 Å². The van der Waals surface area contributed by atoms with Gasteiger partial charge in [-0.25, -0.2) is 9.37 Å². The van der Waals surface area contributed by atoms with E-state index in [9.17, 15) is 19.1 Å². The van der Waals surface area contributed by atoms with Crippen molar-refractivity contribution >= 4 is 23.3 Å². The van der Waals surface area contributed by atoms with Crippen LogP contribution < -0.4 is 10.2 Å². The first-order valence-electron chi connectivity index (χ1n) is 9.74. The molecule has 0 radical (unpaired) electrons. The van der Waals surface area contributed by atoms with Crippen LogP contribution in [-0.2, 0) is 11.3 Å². The van der Waals surface area contributed by atoms with Gasteiger partial charge in [0.1, 0.15) is 11.6 Å². The monoisotopic (exact) mass is 398 g/mol. The van der Waals surface area contributed by atoms with Gasteiger partial charge in [0.15, 0.2) is 0 Å². The number of nitrogens with zero attached hydrogens (tertiary/aromatic N) is 3. The summed E-state index contributed by atoms with van der Waals surface area (Å²) in [4.78, 5) is 33.0. The average Bonchev–Trinajstić information content (AvgIpc) is 3.55. The number of aromatic nitrogens is 1. The van der Waals surface area contributed by atoms with Gasteiger partial charge in [0.25, 0.3) is 5.91 Å². The highest BCUT2D eigenvalue weighted by molar-refractivity contribution is 6.04. The predicted molar refractivity (Wildman–Crippen MR) is 106 cm³/mol. The summed E-state index contributed by atoms with van der Waals surface area (Å²) in [5.74, 6) is 0.417. The van der Waals surface area contributed by atoms with Crippen molar-refractivity contribution in [3.05, 3.63) is 53.5 Å². The molecule has 0 atom stereocenters. The number of aliphatic hydroxyl groups is 1. The molecule has 4 rings (SSSR count). The van der Waals surface area contributed by atoms with E-state index in [-0.39, 0.29) is 43.9 Å². The Bertz CT molecular complexity index is 915. The Labute approximate surface area is 168 Å². The van der Waals surface area contributed by atoms with Crippen molar-refractivity contribution in [2.45, 2.75) is 19.4 Å². The largest absolute Gasteiger partial charge is 0.395 e. The van der Waals surface area contributed by atoms with Crippen LogP contribution in [0.2, 0.25) is 0 Å². The van der Waals surface area contributed by atoms with Crippen molar-refractivity contribution in [3.8, 4) is 0 Å². The third kappa shape index (κ3) is 4.37. The van der Waals surface area contributed by atoms with Crippen LogP contribution in [0.4, 0.5) is 15.9 Å². The van der Waals surface area contributed by atoms with Crippen LogP contribution in [0.15, 0.2) is 36.5 Å². The molecule has 8 heteroatoms. The van der Waals surface area contributed by atoms with E-state index in [1.54, 1.807) is 23.1 Å². The number of fused-ring (bicyclic) bond motifs is 1. The predicted octanol–water partition coefficient (Wildman–Crippen LogP) is 2.02. The lowest BCUT2D eigenvalue weighted by atomic mass is 10.1. The molecule has 2 aromatic rings. The molecule has 1 aromatic carbocycles. The van der Waals surface area contributed by atoms with E-state index in [2.05, 4.69) is 10.3 Å². The van der Waals surface area contributed by atoms with Crippen molar-refractivity contribution in [3.63, 3.8) is 0 Å². The molecule has 1 aliphatic heterocycles. The van der Waals surface area contributed by atoms with Gasteiger partial charge in [0, 0.05) is 25.8 Å². The lowest BCUT2D eigenvalue weighted by Crippen LogP contribution is -2.42. The molecule has 1 aliphatic carbocycles. The van der Waals surface area contributed by atoms with Crippen LogP contribution in [0.5, 0.6) is 0 Å². The molecule has 2 aliphatic rings. The molecule has 2 heterocycles. The maximum atomic E-state index is 13.2. The molecule has 1 saturated carbocycles. The second-order valence-corrected chi connectivity index (χ2v) is 7.47. The molecule has 0 spiro atoms. The fourth-order valence-corrected chi connectivity index (χ4v) is 3.43. The molecule has 2 amide bonds. The quantitative estimate of drug-likeness (QED) is 0.745. The first-order valence-corrected chi connectivity index (χ1v) is 9.74. The molecule has 29 heavy (non-hydrogen) atoms. The van der Waals surface area contributed by atoms with Gasteiger partial charge in [-0.05, 0) is 42.5 Å². The van der Waals surface area contributed by atoms with Crippen LogP contribution in [0, 0.1) is 11.7 Å². The zero-order valence-corrected chi connectivity index (χ0v) is 16.0. The number of carbonyl (C=O) groups is 2. The van der Waals surface area contributed by atoms with Crippen molar-refractivity contribution in [2.24, 2.45) is 5.92 Å². The van der Waals surface area contributed by atoms with Crippen molar-refractivity contribution in [2.75, 3.05) is 36.5 Å².